The van der Waals surface area contributed by atoms with Crippen molar-refractivity contribution in [3.05, 3.63) is 29.3 Å². The third-order valence-electron chi connectivity index (χ3n) is 4.48. The number of carbonyl (C=O) groups is 1. The van der Waals surface area contributed by atoms with Crippen LogP contribution in [0.3, 0.4) is 0 Å². The summed E-state index contributed by atoms with van der Waals surface area (Å²) in [6.07, 6.45) is 5.14. The summed E-state index contributed by atoms with van der Waals surface area (Å²) in [6.45, 7) is 3.18. The first-order valence-corrected chi connectivity index (χ1v) is 9.13. The Morgan fingerprint density at radius 1 is 1.35 bits per heavy atom. The number of hydrogen-bond acceptors (Lipinski definition) is 8. The van der Waals surface area contributed by atoms with Crippen LogP contribution >= 0.6 is 11.3 Å². The van der Waals surface area contributed by atoms with Crippen LogP contribution in [0.4, 0.5) is 5.13 Å². The van der Waals surface area contributed by atoms with Crippen LogP contribution in [-0.2, 0) is 4.74 Å². The minimum absolute atomic E-state index is 0.303. The Morgan fingerprint density at radius 3 is 2.85 bits per heavy atom. The van der Waals surface area contributed by atoms with Crippen molar-refractivity contribution in [1.29, 1.82) is 0 Å². The Bertz CT molecular complexity index is 946. The molecule has 0 atom stereocenters. The minimum Gasteiger partial charge on any atom is -0.479 e. The number of anilines is 1. The summed E-state index contributed by atoms with van der Waals surface area (Å²) in [5.41, 5.74) is 2.18. The number of nitrogens with zero attached hydrogens (tertiary/aromatic N) is 3. The van der Waals surface area contributed by atoms with Gasteiger partial charge in [0.1, 0.15) is 16.8 Å². The van der Waals surface area contributed by atoms with Crippen LogP contribution in [0.5, 0.6) is 5.88 Å². The minimum atomic E-state index is -0.303. The zero-order valence-corrected chi connectivity index (χ0v) is 15.3. The van der Waals surface area contributed by atoms with E-state index in [0.717, 1.165) is 36.3 Å². The third kappa shape index (κ3) is 3.04. The highest BCUT2D eigenvalue weighted by Crippen LogP contribution is 2.39. The fourth-order valence-electron chi connectivity index (χ4n) is 3.09. The molecule has 1 N–H and O–H groups in total. The fraction of sp³-hybridized carbons (Fsp3) is 0.412. The molecule has 1 aliphatic rings. The standard InChI is InChI=1S/C17H18N4O4S/c1-9-11(8-19-25-9)15(22)21-17-20-13-14(26-17)12(7-18-16(13)23-2)10-3-5-24-6-4-10/h7-8,10H,3-6H2,1-2H3,(H,20,21,22). The van der Waals surface area contributed by atoms with E-state index in [-0.39, 0.29) is 5.91 Å². The van der Waals surface area contributed by atoms with Crippen molar-refractivity contribution >= 4 is 32.6 Å². The van der Waals surface area contributed by atoms with Crippen molar-refractivity contribution in [2.24, 2.45) is 0 Å². The van der Waals surface area contributed by atoms with E-state index in [1.54, 1.807) is 14.0 Å². The van der Waals surface area contributed by atoms with Gasteiger partial charge in [0.05, 0.1) is 18.0 Å². The molecule has 0 radical (unpaired) electrons. The Labute approximate surface area is 153 Å². The first kappa shape index (κ1) is 16.9. The van der Waals surface area contributed by atoms with Crippen molar-refractivity contribution in [2.45, 2.75) is 25.7 Å². The van der Waals surface area contributed by atoms with E-state index in [0.29, 0.717) is 33.8 Å². The van der Waals surface area contributed by atoms with Gasteiger partial charge in [-0.1, -0.05) is 16.5 Å². The summed E-state index contributed by atoms with van der Waals surface area (Å²) in [6, 6.07) is 0. The zero-order valence-electron chi connectivity index (χ0n) is 14.4. The number of rotatable bonds is 4. The molecule has 4 heterocycles. The lowest BCUT2D eigenvalue weighted by Crippen LogP contribution is -2.14. The van der Waals surface area contributed by atoms with Gasteiger partial charge < -0.3 is 14.0 Å². The van der Waals surface area contributed by atoms with Gasteiger partial charge in [0.25, 0.3) is 5.91 Å². The number of nitrogens with one attached hydrogen (secondary N) is 1. The molecule has 0 bridgehead atoms. The molecular formula is C17H18N4O4S. The molecule has 0 saturated carbocycles. The van der Waals surface area contributed by atoms with Gasteiger partial charge in [0.2, 0.25) is 5.88 Å². The Hall–Kier alpha value is -2.52. The van der Waals surface area contributed by atoms with E-state index in [9.17, 15) is 4.79 Å². The van der Waals surface area contributed by atoms with E-state index in [1.807, 2.05) is 6.20 Å². The molecule has 0 unspecified atom stereocenters. The number of aromatic nitrogens is 3. The Morgan fingerprint density at radius 2 is 2.15 bits per heavy atom. The molecule has 26 heavy (non-hydrogen) atoms. The SMILES string of the molecule is COc1ncc(C2CCOCC2)c2sc(NC(=O)c3cnoc3C)nc12. The van der Waals surface area contributed by atoms with Crippen molar-refractivity contribution in [3.8, 4) is 5.88 Å². The maximum Gasteiger partial charge on any atom is 0.262 e. The number of pyridine rings is 1. The zero-order chi connectivity index (χ0) is 18.1. The molecule has 8 nitrogen and oxygen atoms in total. The van der Waals surface area contributed by atoms with E-state index in [1.165, 1.54) is 17.5 Å². The number of thiazole rings is 1. The summed E-state index contributed by atoms with van der Waals surface area (Å²) in [4.78, 5) is 21.3. The van der Waals surface area contributed by atoms with Crippen molar-refractivity contribution in [3.63, 3.8) is 0 Å². The van der Waals surface area contributed by atoms with Crippen LogP contribution in [0, 0.1) is 6.92 Å². The molecule has 4 rings (SSSR count). The van der Waals surface area contributed by atoms with Gasteiger partial charge in [0.15, 0.2) is 5.13 Å². The van der Waals surface area contributed by atoms with Crippen LogP contribution in [-0.4, -0.2) is 41.4 Å². The topological polar surface area (TPSA) is 99.4 Å². The van der Waals surface area contributed by atoms with Crippen LogP contribution in [0.2, 0.25) is 0 Å². The molecule has 1 saturated heterocycles. The van der Waals surface area contributed by atoms with Crippen LogP contribution in [0.1, 0.15) is 40.4 Å². The Kier molecular flexibility index (Phi) is 4.56. The van der Waals surface area contributed by atoms with Gasteiger partial charge in [-0.2, -0.15) is 0 Å². The molecule has 3 aromatic heterocycles. The van der Waals surface area contributed by atoms with E-state index in [2.05, 4.69) is 20.4 Å². The maximum absolute atomic E-state index is 12.4. The number of carbonyl (C=O) groups excluding carboxylic acids is 1. The molecule has 0 aromatic carbocycles. The monoisotopic (exact) mass is 374 g/mol. The maximum atomic E-state index is 12.4. The Balaban J connectivity index is 1.70. The van der Waals surface area contributed by atoms with Crippen molar-refractivity contribution in [1.82, 2.24) is 15.1 Å². The smallest absolute Gasteiger partial charge is 0.262 e. The highest BCUT2D eigenvalue weighted by Gasteiger charge is 2.23. The first-order valence-electron chi connectivity index (χ1n) is 8.31. The summed E-state index contributed by atoms with van der Waals surface area (Å²) in [5, 5.41) is 6.94. The average Bonchev–Trinajstić information content (AvgIpc) is 3.27. The normalized spacial score (nSPS) is 15.3. The summed E-state index contributed by atoms with van der Waals surface area (Å²) < 4.78 is 16.7. The molecule has 1 fully saturated rings. The second kappa shape index (κ2) is 7.00. The van der Waals surface area contributed by atoms with E-state index in [4.69, 9.17) is 14.0 Å². The highest BCUT2D eigenvalue weighted by atomic mass is 32.1. The second-order valence-electron chi connectivity index (χ2n) is 6.06. The summed E-state index contributed by atoms with van der Waals surface area (Å²) in [7, 11) is 1.56. The van der Waals surface area contributed by atoms with E-state index < -0.39 is 0 Å². The van der Waals surface area contributed by atoms with Crippen molar-refractivity contribution in [2.75, 3.05) is 25.6 Å². The number of amides is 1. The fourth-order valence-corrected chi connectivity index (χ4v) is 4.13. The van der Waals surface area contributed by atoms with Crippen LogP contribution in [0.15, 0.2) is 16.9 Å². The third-order valence-corrected chi connectivity index (χ3v) is 5.50. The molecule has 3 aromatic rings. The summed E-state index contributed by atoms with van der Waals surface area (Å²) >= 11 is 1.42. The molecular weight excluding hydrogens is 356 g/mol. The van der Waals surface area contributed by atoms with Crippen LogP contribution in [0.25, 0.3) is 10.2 Å². The summed E-state index contributed by atoms with van der Waals surface area (Å²) in [5.74, 6) is 0.982. The average molecular weight is 374 g/mol. The van der Waals surface area contributed by atoms with Gasteiger partial charge in [-0.05, 0) is 31.2 Å². The van der Waals surface area contributed by atoms with Gasteiger partial charge in [-0.3, -0.25) is 10.1 Å². The van der Waals surface area contributed by atoms with Crippen molar-refractivity contribution < 1.29 is 18.8 Å². The predicted molar refractivity (Wildman–Crippen MR) is 96.0 cm³/mol. The molecule has 9 heteroatoms. The van der Waals surface area contributed by atoms with Gasteiger partial charge in [-0.25, -0.2) is 9.97 Å². The van der Waals surface area contributed by atoms with Gasteiger partial charge >= 0.3 is 0 Å². The molecule has 1 amide bonds. The number of fused-ring (bicyclic) bond motifs is 1. The number of methoxy groups -OCH3 is 1. The quantitative estimate of drug-likeness (QED) is 0.749. The number of aryl methyl sites for hydroxylation is 1. The van der Waals surface area contributed by atoms with E-state index >= 15 is 0 Å². The highest BCUT2D eigenvalue weighted by molar-refractivity contribution is 7.22. The number of hydrogen-bond donors (Lipinski definition) is 1. The lowest BCUT2D eigenvalue weighted by atomic mass is 9.93. The second-order valence-corrected chi connectivity index (χ2v) is 7.06. The van der Waals surface area contributed by atoms with Gasteiger partial charge in [0, 0.05) is 19.4 Å². The lowest BCUT2D eigenvalue weighted by molar-refractivity contribution is 0.0855. The number of ether oxygens (including phenoxy) is 2. The lowest BCUT2D eigenvalue weighted by Gasteiger charge is -2.22. The molecule has 1 aliphatic heterocycles. The van der Waals surface area contributed by atoms with Crippen LogP contribution < -0.4 is 10.1 Å². The predicted octanol–water partition coefficient (Wildman–Crippen LogP) is 3.14. The first-order chi connectivity index (χ1) is 12.7. The molecule has 0 spiro atoms. The molecule has 136 valence electrons. The molecule has 0 aliphatic carbocycles. The van der Waals surface area contributed by atoms with Gasteiger partial charge in [-0.15, -0.1) is 0 Å². The largest absolute Gasteiger partial charge is 0.479 e.